The van der Waals surface area contributed by atoms with Gasteiger partial charge in [-0.05, 0) is 30.3 Å². The number of nitro groups is 1. The molecule has 0 bridgehead atoms. The van der Waals surface area contributed by atoms with Crippen LogP contribution in [0.15, 0.2) is 42.5 Å². The average molecular weight is 480 g/mol. The van der Waals surface area contributed by atoms with Crippen LogP contribution in [0.4, 0.5) is 30.2 Å². The van der Waals surface area contributed by atoms with Gasteiger partial charge < -0.3 is 10.1 Å². The fraction of sp³-hybridized carbons (Fsp3) is 0.200. The number of hydrogen-bond donors (Lipinski definition) is 2. The molecular formula is C20H15F3N4O7. The van der Waals surface area contributed by atoms with Crippen molar-refractivity contribution in [1.29, 1.82) is 0 Å². The van der Waals surface area contributed by atoms with E-state index in [1.807, 2.05) is 5.32 Å². The Bertz CT molecular complexity index is 1170. The van der Waals surface area contributed by atoms with Gasteiger partial charge in [-0.25, -0.2) is 9.80 Å². The number of non-ortho nitro benzene ring substituents is 1. The average Bonchev–Trinajstić information content (AvgIpc) is 2.78. The molecule has 1 heterocycles. The zero-order chi connectivity index (χ0) is 25.0. The number of benzene rings is 2. The molecule has 3 rings (SSSR count). The van der Waals surface area contributed by atoms with Crippen LogP contribution in [0.3, 0.4) is 0 Å². The van der Waals surface area contributed by atoms with Crippen LogP contribution in [0.2, 0.25) is 0 Å². The largest absolute Gasteiger partial charge is 0.452 e. The number of hydrogen-bond acceptors (Lipinski definition) is 7. The number of amides is 3. The SMILES string of the molecule is O=C(COC(=O)c1ccc(N2NC(=O)CCC2=O)cc1)Nc1ccc([N+](=O)[O-])cc1C(F)(F)F. The predicted octanol–water partition coefficient (Wildman–Crippen LogP) is 2.57. The molecule has 0 aromatic heterocycles. The van der Waals surface area contributed by atoms with Gasteiger partial charge in [0.2, 0.25) is 11.8 Å². The number of anilines is 2. The zero-order valence-corrected chi connectivity index (χ0v) is 17.0. The standard InChI is InChI=1S/C20H15F3N4O7/c21-20(22,23)14-9-13(27(32)33)5-6-15(14)24-17(29)10-34-19(31)11-1-3-12(4-2-11)26-18(30)8-7-16(28)25-26/h1-6,9H,7-8,10H2,(H,24,29)(H,25,28). The summed E-state index contributed by atoms with van der Waals surface area (Å²) in [5, 5.41) is 13.7. The normalized spacial score (nSPS) is 13.8. The van der Waals surface area contributed by atoms with Gasteiger partial charge in [0.15, 0.2) is 6.61 Å². The minimum absolute atomic E-state index is 0.0234. The van der Waals surface area contributed by atoms with E-state index in [-0.39, 0.29) is 42.0 Å². The monoisotopic (exact) mass is 480 g/mol. The Morgan fingerprint density at radius 3 is 2.41 bits per heavy atom. The van der Waals surface area contributed by atoms with Crippen LogP contribution in [0.5, 0.6) is 0 Å². The number of carbonyl (C=O) groups is 4. The maximum Gasteiger partial charge on any atom is 0.418 e. The molecule has 2 N–H and O–H groups in total. The molecule has 11 nitrogen and oxygen atoms in total. The van der Waals surface area contributed by atoms with Gasteiger partial charge in [-0.3, -0.25) is 29.9 Å². The smallest absolute Gasteiger partial charge is 0.418 e. The van der Waals surface area contributed by atoms with Crippen molar-refractivity contribution in [2.75, 3.05) is 16.9 Å². The second-order valence-corrected chi connectivity index (χ2v) is 6.92. The van der Waals surface area contributed by atoms with Gasteiger partial charge in [-0.1, -0.05) is 0 Å². The second kappa shape index (κ2) is 9.56. The highest BCUT2D eigenvalue weighted by atomic mass is 19.4. The van der Waals surface area contributed by atoms with Crippen molar-refractivity contribution < 1.29 is 42.0 Å². The van der Waals surface area contributed by atoms with Gasteiger partial charge in [0.1, 0.15) is 0 Å². The Balaban J connectivity index is 1.62. The number of esters is 1. The molecule has 1 aliphatic heterocycles. The number of nitrogens with one attached hydrogen (secondary N) is 2. The maximum atomic E-state index is 13.2. The topological polar surface area (TPSA) is 148 Å². The quantitative estimate of drug-likeness (QED) is 0.367. The summed E-state index contributed by atoms with van der Waals surface area (Å²) in [4.78, 5) is 57.2. The van der Waals surface area contributed by atoms with Gasteiger partial charge in [0.25, 0.3) is 11.6 Å². The molecule has 0 aliphatic carbocycles. The minimum atomic E-state index is -4.98. The van der Waals surface area contributed by atoms with E-state index in [1.54, 1.807) is 0 Å². The molecule has 0 saturated carbocycles. The predicted molar refractivity (Wildman–Crippen MR) is 108 cm³/mol. The van der Waals surface area contributed by atoms with Crippen LogP contribution in [0.1, 0.15) is 28.8 Å². The molecule has 1 saturated heterocycles. The molecule has 178 valence electrons. The van der Waals surface area contributed by atoms with Crippen LogP contribution < -0.4 is 15.8 Å². The summed E-state index contributed by atoms with van der Waals surface area (Å²) in [6.45, 7) is -0.935. The van der Waals surface area contributed by atoms with Gasteiger partial charge in [0, 0.05) is 25.0 Å². The fourth-order valence-corrected chi connectivity index (χ4v) is 2.92. The van der Waals surface area contributed by atoms with E-state index in [4.69, 9.17) is 4.74 Å². The van der Waals surface area contributed by atoms with E-state index in [0.717, 1.165) is 17.1 Å². The molecule has 3 amide bonds. The van der Waals surface area contributed by atoms with Gasteiger partial charge >= 0.3 is 12.1 Å². The first-order valence-electron chi connectivity index (χ1n) is 9.51. The number of nitro benzene ring substituents is 1. The van der Waals surface area contributed by atoms with Crippen molar-refractivity contribution in [2.45, 2.75) is 19.0 Å². The van der Waals surface area contributed by atoms with Crippen LogP contribution >= 0.6 is 0 Å². The summed E-state index contributed by atoms with van der Waals surface area (Å²) in [6, 6.07) is 7.02. The Hall–Kier alpha value is -4.49. The maximum absolute atomic E-state index is 13.2. The van der Waals surface area contributed by atoms with Crippen LogP contribution in [-0.2, 0) is 25.3 Å². The highest BCUT2D eigenvalue weighted by Gasteiger charge is 2.35. The number of nitrogens with zero attached hydrogens (tertiary/aromatic N) is 2. The second-order valence-electron chi connectivity index (χ2n) is 6.92. The lowest BCUT2D eigenvalue weighted by atomic mass is 10.1. The van der Waals surface area contributed by atoms with Crippen molar-refractivity contribution in [1.82, 2.24) is 5.43 Å². The molecule has 1 aliphatic rings. The lowest BCUT2D eigenvalue weighted by Gasteiger charge is -2.27. The van der Waals surface area contributed by atoms with Crippen molar-refractivity contribution in [3.05, 3.63) is 63.7 Å². The van der Waals surface area contributed by atoms with Crippen LogP contribution in [0, 0.1) is 10.1 Å². The number of rotatable bonds is 6. The Morgan fingerprint density at radius 2 is 1.79 bits per heavy atom. The van der Waals surface area contributed by atoms with Crippen LogP contribution in [0.25, 0.3) is 0 Å². The van der Waals surface area contributed by atoms with Crippen molar-refractivity contribution in [2.24, 2.45) is 0 Å². The third kappa shape index (κ3) is 5.65. The lowest BCUT2D eigenvalue weighted by Crippen LogP contribution is -2.50. The first-order valence-corrected chi connectivity index (χ1v) is 9.51. The first-order chi connectivity index (χ1) is 16.0. The molecule has 0 atom stereocenters. The van der Waals surface area contributed by atoms with Gasteiger partial charge in [0.05, 0.1) is 27.4 Å². The van der Waals surface area contributed by atoms with E-state index >= 15 is 0 Å². The molecule has 0 unspecified atom stereocenters. The van der Waals surface area contributed by atoms with E-state index in [0.29, 0.717) is 0 Å². The third-order valence-electron chi connectivity index (χ3n) is 4.54. The lowest BCUT2D eigenvalue weighted by molar-refractivity contribution is -0.385. The van der Waals surface area contributed by atoms with Crippen molar-refractivity contribution in [3.8, 4) is 0 Å². The minimum Gasteiger partial charge on any atom is -0.452 e. The fourth-order valence-electron chi connectivity index (χ4n) is 2.92. The summed E-state index contributed by atoms with van der Waals surface area (Å²) >= 11 is 0. The Labute approximate surface area is 188 Å². The zero-order valence-electron chi connectivity index (χ0n) is 17.0. The summed E-state index contributed by atoms with van der Waals surface area (Å²) in [7, 11) is 0. The molecule has 0 radical (unpaired) electrons. The summed E-state index contributed by atoms with van der Waals surface area (Å²) < 4.78 is 44.3. The molecule has 2 aromatic rings. The van der Waals surface area contributed by atoms with E-state index < -0.39 is 46.5 Å². The first kappa shape index (κ1) is 24.2. The summed E-state index contributed by atoms with van der Waals surface area (Å²) in [5.74, 6) is -2.78. The highest BCUT2D eigenvalue weighted by Crippen LogP contribution is 2.37. The number of ether oxygens (including phenoxy) is 1. The van der Waals surface area contributed by atoms with E-state index in [1.165, 1.54) is 24.3 Å². The molecule has 34 heavy (non-hydrogen) atoms. The molecule has 1 fully saturated rings. The number of hydrazine groups is 1. The summed E-state index contributed by atoms with van der Waals surface area (Å²) in [6.07, 6.45) is -4.90. The van der Waals surface area contributed by atoms with Gasteiger partial charge in [-0.2, -0.15) is 13.2 Å². The molecular weight excluding hydrogens is 465 g/mol. The molecule has 0 spiro atoms. The van der Waals surface area contributed by atoms with E-state index in [2.05, 4.69) is 5.43 Å². The number of alkyl halides is 3. The van der Waals surface area contributed by atoms with Crippen molar-refractivity contribution in [3.63, 3.8) is 0 Å². The Kier molecular flexibility index (Phi) is 6.79. The Morgan fingerprint density at radius 1 is 1.12 bits per heavy atom. The van der Waals surface area contributed by atoms with Gasteiger partial charge in [-0.15, -0.1) is 0 Å². The van der Waals surface area contributed by atoms with E-state index in [9.17, 15) is 42.5 Å². The highest BCUT2D eigenvalue weighted by molar-refractivity contribution is 6.01. The number of halogens is 3. The van der Waals surface area contributed by atoms with Crippen molar-refractivity contribution >= 4 is 40.8 Å². The third-order valence-corrected chi connectivity index (χ3v) is 4.54. The molecule has 2 aromatic carbocycles. The number of carbonyl (C=O) groups excluding carboxylic acids is 4. The molecule has 14 heteroatoms. The summed E-state index contributed by atoms with van der Waals surface area (Å²) in [5.41, 5.74) is -0.356. The van der Waals surface area contributed by atoms with Crippen LogP contribution in [-0.4, -0.2) is 35.2 Å².